The summed E-state index contributed by atoms with van der Waals surface area (Å²) in [4.78, 5) is 16.3. The van der Waals surface area contributed by atoms with Crippen molar-refractivity contribution in [2.45, 2.75) is 32.8 Å². The van der Waals surface area contributed by atoms with Crippen LogP contribution in [0.25, 0.3) is 0 Å². The lowest BCUT2D eigenvalue weighted by Crippen LogP contribution is -2.50. The van der Waals surface area contributed by atoms with E-state index < -0.39 is 0 Å². The molecule has 118 valence electrons. The fourth-order valence-corrected chi connectivity index (χ4v) is 2.67. The third-order valence-electron chi connectivity index (χ3n) is 3.93. The Morgan fingerprint density at radius 3 is 2.62 bits per heavy atom. The summed E-state index contributed by atoms with van der Waals surface area (Å²) in [5.41, 5.74) is 1.34. The minimum Gasteiger partial charge on any atom is -0.392 e. The lowest BCUT2D eigenvalue weighted by Gasteiger charge is -2.35. The smallest absolute Gasteiger partial charge is 0.229 e. The number of aryl methyl sites for hydroxylation is 1. The number of amides is 1. The van der Waals surface area contributed by atoms with E-state index in [0.29, 0.717) is 30.9 Å². The van der Waals surface area contributed by atoms with Crippen LogP contribution in [-0.4, -0.2) is 64.8 Å². The summed E-state index contributed by atoms with van der Waals surface area (Å²) in [5, 5.41) is 13.6. The summed E-state index contributed by atoms with van der Waals surface area (Å²) in [6.45, 7) is 7.36. The molecule has 0 saturated carbocycles. The minimum absolute atomic E-state index is 0.0406. The fourth-order valence-electron chi connectivity index (χ4n) is 2.43. The van der Waals surface area contributed by atoms with Gasteiger partial charge in [0.2, 0.25) is 11.1 Å². The molecule has 2 heterocycles. The second-order valence-corrected chi connectivity index (χ2v) is 5.78. The highest BCUT2D eigenvalue weighted by molar-refractivity contribution is 6.29. The number of aromatic nitrogens is 1. The van der Waals surface area contributed by atoms with E-state index in [1.165, 1.54) is 0 Å². The first-order valence-electron chi connectivity index (χ1n) is 7.30. The molecule has 1 saturated heterocycles. The highest BCUT2D eigenvalue weighted by Gasteiger charge is 2.24. The number of aliphatic hydroxyl groups is 1. The molecule has 1 fully saturated rings. The van der Waals surface area contributed by atoms with Crippen LogP contribution in [0.15, 0.2) is 4.52 Å². The number of hydrogen-bond donors (Lipinski definition) is 1. The fraction of sp³-hybridized carbons (Fsp3) is 0.714. The molecule has 2 rings (SSSR count). The van der Waals surface area contributed by atoms with Crippen LogP contribution in [0.1, 0.15) is 24.6 Å². The van der Waals surface area contributed by atoms with Gasteiger partial charge in [-0.25, -0.2) is 0 Å². The van der Waals surface area contributed by atoms with E-state index in [1.54, 1.807) is 6.92 Å². The van der Waals surface area contributed by atoms with Crippen LogP contribution in [0.5, 0.6) is 0 Å². The Morgan fingerprint density at radius 2 is 2.10 bits per heavy atom. The van der Waals surface area contributed by atoms with E-state index in [1.807, 2.05) is 11.8 Å². The zero-order valence-corrected chi connectivity index (χ0v) is 13.3. The number of carbonyl (C=O) groups is 1. The molecule has 1 amide bonds. The largest absolute Gasteiger partial charge is 0.392 e. The molecular weight excluding hydrogens is 294 g/mol. The minimum atomic E-state index is -0.286. The molecule has 1 aliphatic rings. The van der Waals surface area contributed by atoms with Gasteiger partial charge in [-0.2, -0.15) is 0 Å². The number of β-amino-alcohol motifs (C(OH)–C–C–N with tert-alkyl or cyclic N) is 1. The van der Waals surface area contributed by atoms with E-state index in [0.717, 1.165) is 19.5 Å². The molecule has 21 heavy (non-hydrogen) atoms. The summed E-state index contributed by atoms with van der Waals surface area (Å²) in [7, 11) is 0. The van der Waals surface area contributed by atoms with Crippen molar-refractivity contribution < 1.29 is 14.4 Å². The second-order valence-electron chi connectivity index (χ2n) is 5.44. The van der Waals surface area contributed by atoms with Crippen LogP contribution >= 0.6 is 11.6 Å². The van der Waals surface area contributed by atoms with Crippen molar-refractivity contribution in [2.75, 3.05) is 32.7 Å². The molecule has 1 unspecified atom stereocenters. The summed E-state index contributed by atoms with van der Waals surface area (Å²) < 4.78 is 4.87. The van der Waals surface area contributed by atoms with Crippen molar-refractivity contribution >= 4 is 17.5 Å². The van der Waals surface area contributed by atoms with Crippen LogP contribution in [0.3, 0.4) is 0 Å². The highest BCUT2D eigenvalue weighted by Crippen LogP contribution is 2.20. The van der Waals surface area contributed by atoms with Crippen molar-refractivity contribution in [1.82, 2.24) is 15.0 Å². The Bertz CT molecular complexity index is 464. The molecule has 6 nitrogen and oxygen atoms in total. The molecule has 1 N–H and O–H groups in total. The van der Waals surface area contributed by atoms with Gasteiger partial charge < -0.3 is 14.5 Å². The Balaban J connectivity index is 1.83. The van der Waals surface area contributed by atoms with Crippen LogP contribution in [0.2, 0.25) is 5.22 Å². The monoisotopic (exact) mass is 315 g/mol. The number of hydrogen-bond acceptors (Lipinski definition) is 5. The second kappa shape index (κ2) is 7.24. The van der Waals surface area contributed by atoms with Gasteiger partial charge in [-0.05, 0) is 24.9 Å². The topological polar surface area (TPSA) is 69.8 Å². The van der Waals surface area contributed by atoms with Crippen molar-refractivity contribution in [3.63, 3.8) is 0 Å². The van der Waals surface area contributed by atoms with Gasteiger partial charge in [0, 0.05) is 38.3 Å². The summed E-state index contributed by atoms with van der Waals surface area (Å²) in [6, 6.07) is 0. The third-order valence-corrected chi connectivity index (χ3v) is 4.23. The summed E-state index contributed by atoms with van der Waals surface area (Å²) in [5.74, 6) is 0.0406. The van der Waals surface area contributed by atoms with E-state index in [9.17, 15) is 9.90 Å². The Labute approximate surface area is 129 Å². The van der Waals surface area contributed by atoms with Gasteiger partial charge in [0.15, 0.2) is 0 Å². The quantitative estimate of drug-likeness (QED) is 0.881. The first-order chi connectivity index (χ1) is 10.0. The molecule has 1 aromatic rings. The maximum absolute atomic E-state index is 12.3. The van der Waals surface area contributed by atoms with Gasteiger partial charge in [0.1, 0.15) is 0 Å². The van der Waals surface area contributed by atoms with Crippen LogP contribution in [0.4, 0.5) is 0 Å². The van der Waals surface area contributed by atoms with Crippen molar-refractivity contribution in [3.8, 4) is 0 Å². The molecule has 0 radical (unpaired) electrons. The average Bonchev–Trinajstić information content (AvgIpc) is 2.79. The Morgan fingerprint density at radius 1 is 1.43 bits per heavy atom. The van der Waals surface area contributed by atoms with E-state index in [-0.39, 0.29) is 23.7 Å². The number of piperazine rings is 1. The molecule has 0 aromatic carbocycles. The molecule has 1 aromatic heterocycles. The van der Waals surface area contributed by atoms with Gasteiger partial charge in [0.05, 0.1) is 18.2 Å². The van der Waals surface area contributed by atoms with Crippen LogP contribution < -0.4 is 0 Å². The van der Waals surface area contributed by atoms with Gasteiger partial charge in [-0.3, -0.25) is 9.69 Å². The zero-order valence-electron chi connectivity index (χ0n) is 12.5. The molecule has 7 heteroatoms. The predicted octanol–water partition coefficient (Wildman–Crippen LogP) is 1.09. The maximum Gasteiger partial charge on any atom is 0.229 e. The van der Waals surface area contributed by atoms with E-state index in [4.69, 9.17) is 16.1 Å². The Kier molecular flexibility index (Phi) is 5.61. The SMILES string of the molecule is CCC(O)CN1CCN(C(=O)Cc2c(C)noc2Cl)CC1. The van der Waals surface area contributed by atoms with Crippen molar-refractivity contribution in [2.24, 2.45) is 0 Å². The van der Waals surface area contributed by atoms with Gasteiger partial charge in [-0.15, -0.1) is 0 Å². The van der Waals surface area contributed by atoms with Crippen molar-refractivity contribution in [1.29, 1.82) is 0 Å². The number of nitrogens with zero attached hydrogens (tertiary/aromatic N) is 3. The summed E-state index contributed by atoms with van der Waals surface area (Å²) >= 11 is 5.89. The predicted molar refractivity (Wildman–Crippen MR) is 79.3 cm³/mol. The van der Waals surface area contributed by atoms with E-state index in [2.05, 4.69) is 10.1 Å². The number of carbonyl (C=O) groups excluding carboxylic acids is 1. The molecule has 1 atom stereocenters. The maximum atomic E-state index is 12.3. The lowest BCUT2D eigenvalue weighted by atomic mass is 10.1. The van der Waals surface area contributed by atoms with Gasteiger partial charge >= 0.3 is 0 Å². The molecule has 0 aliphatic carbocycles. The van der Waals surface area contributed by atoms with Crippen molar-refractivity contribution in [3.05, 3.63) is 16.5 Å². The third kappa shape index (κ3) is 4.18. The molecule has 0 spiro atoms. The van der Waals surface area contributed by atoms with Gasteiger partial charge in [0.25, 0.3) is 0 Å². The van der Waals surface area contributed by atoms with Crippen LogP contribution in [-0.2, 0) is 11.2 Å². The Hall–Kier alpha value is -1.11. The number of rotatable bonds is 5. The summed E-state index contributed by atoms with van der Waals surface area (Å²) in [6.07, 6.45) is 0.696. The average molecular weight is 316 g/mol. The normalized spacial score (nSPS) is 18.0. The highest BCUT2D eigenvalue weighted by atomic mass is 35.5. The number of halogens is 1. The van der Waals surface area contributed by atoms with Crippen LogP contribution in [0, 0.1) is 6.92 Å². The molecule has 0 bridgehead atoms. The standard InChI is InChI=1S/C14H22ClN3O3/c1-3-11(19)9-17-4-6-18(7-5-17)13(20)8-12-10(2)16-21-14(12)15/h11,19H,3-9H2,1-2H3. The number of aliphatic hydroxyl groups excluding tert-OH is 1. The first kappa shape index (κ1) is 16.3. The first-order valence-corrected chi connectivity index (χ1v) is 7.68. The van der Waals surface area contributed by atoms with E-state index >= 15 is 0 Å². The lowest BCUT2D eigenvalue weighted by molar-refractivity contribution is -0.132. The molecule has 1 aliphatic heterocycles. The van der Waals surface area contributed by atoms with Gasteiger partial charge in [-0.1, -0.05) is 12.1 Å². The zero-order chi connectivity index (χ0) is 15.4. The molecular formula is C14H22ClN3O3.